The van der Waals surface area contributed by atoms with Gasteiger partial charge in [-0.25, -0.2) is 4.79 Å². The van der Waals surface area contributed by atoms with Crippen LogP contribution in [-0.4, -0.2) is 55.3 Å². The van der Waals surface area contributed by atoms with Crippen molar-refractivity contribution in [3.05, 3.63) is 88.9 Å². The Kier molecular flexibility index (Phi) is 12.2. The molecule has 1 fully saturated rings. The maximum absolute atomic E-state index is 13.9. The van der Waals surface area contributed by atoms with Gasteiger partial charge in [-0.3, -0.25) is 14.4 Å². The Bertz CT molecular complexity index is 1620. The number of piperidine rings is 1. The number of likely N-dealkylation sites (tertiary alicyclic amines) is 1. The van der Waals surface area contributed by atoms with E-state index < -0.39 is 35.2 Å². The summed E-state index contributed by atoms with van der Waals surface area (Å²) in [7, 11) is 3.12. The fourth-order valence-corrected chi connectivity index (χ4v) is 5.63. The minimum absolute atomic E-state index is 0.120. The van der Waals surface area contributed by atoms with Gasteiger partial charge in [-0.1, -0.05) is 39.0 Å². The number of nitrogens with zero attached hydrogens (tertiary/aromatic N) is 2. The Morgan fingerprint density at radius 2 is 1.77 bits per heavy atom. The van der Waals surface area contributed by atoms with Gasteiger partial charge in [0.15, 0.2) is 17.7 Å². The molecule has 0 bridgehead atoms. The number of carbonyl (C=O) groups is 4. The molecular formula is C37H45N3O8. The van der Waals surface area contributed by atoms with Crippen LogP contribution in [0.2, 0.25) is 0 Å². The molecule has 0 aliphatic carbocycles. The number of anilines is 1. The molecule has 4 rings (SSSR count). The van der Waals surface area contributed by atoms with Gasteiger partial charge in [0, 0.05) is 29.8 Å². The van der Waals surface area contributed by atoms with Crippen molar-refractivity contribution in [1.29, 1.82) is 0 Å². The van der Waals surface area contributed by atoms with Crippen molar-refractivity contribution in [2.75, 3.05) is 26.1 Å². The van der Waals surface area contributed by atoms with E-state index in [2.05, 4.69) is 5.32 Å². The predicted molar refractivity (Wildman–Crippen MR) is 179 cm³/mol. The zero-order chi connectivity index (χ0) is 34.8. The number of nitrogens with one attached hydrogen (secondary N) is 1. The number of esters is 1. The van der Waals surface area contributed by atoms with Crippen LogP contribution >= 0.6 is 0 Å². The molecule has 1 aromatic heterocycles. The topological polar surface area (TPSA) is 138 Å². The number of methoxy groups -OCH3 is 2. The standard InChI is InChI=1S/C37H45N3O8/c1-6-37(2,3)34(42)35(43)39-20-9-8-15-29(39)36(44)48-30(18-16-25-17-19-31(46-4)32(22-25)47-5)26-12-11-13-27(23-26)38-33(41)24-28-14-7-10-21-40(28)45/h7,10-14,17,19,21-23,29-30H,6,8-9,15-16,18,20,24H2,1-5H3,(H,38,41)/t29-,30+/m0/s1. The van der Waals surface area contributed by atoms with E-state index in [0.29, 0.717) is 71.8 Å². The molecular weight excluding hydrogens is 614 g/mol. The SMILES string of the molecule is CCC(C)(C)C(=O)C(=O)N1CCCC[C@H]1C(=O)O[C@H](CCc1ccc(OC)c(OC)c1)c1cccc(NC(=O)Cc2cccc[n+]2[O-])c1. The number of benzene rings is 2. The van der Waals surface area contributed by atoms with Crippen LogP contribution in [0.3, 0.4) is 0 Å². The normalized spacial score (nSPS) is 15.3. The van der Waals surface area contributed by atoms with Gasteiger partial charge in [0.1, 0.15) is 18.6 Å². The van der Waals surface area contributed by atoms with Gasteiger partial charge < -0.3 is 29.6 Å². The average molecular weight is 660 g/mol. The molecule has 2 amide bonds. The largest absolute Gasteiger partial charge is 0.618 e. The summed E-state index contributed by atoms with van der Waals surface area (Å²) < 4.78 is 17.7. The molecule has 11 nitrogen and oxygen atoms in total. The van der Waals surface area contributed by atoms with E-state index in [1.165, 1.54) is 11.1 Å². The molecule has 11 heteroatoms. The second-order valence-corrected chi connectivity index (χ2v) is 12.6. The third-order valence-electron chi connectivity index (χ3n) is 8.92. The van der Waals surface area contributed by atoms with Crippen LogP contribution in [0.25, 0.3) is 0 Å². The Morgan fingerprint density at radius 1 is 1.00 bits per heavy atom. The maximum atomic E-state index is 13.9. The first kappa shape index (κ1) is 35.9. The summed E-state index contributed by atoms with van der Waals surface area (Å²) in [5.41, 5.74) is 1.50. The summed E-state index contributed by atoms with van der Waals surface area (Å²) in [6.07, 6.45) is 3.64. The van der Waals surface area contributed by atoms with Gasteiger partial charge in [0.05, 0.1) is 14.2 Å². The Labute approximate surface area is 281 Å². The van der Waals surface area contributed by atoms with Crippen LogP contribution in [0.4, 0.5) is 5.69 Å². The molecule has 2 atom stereocenters. The summed E-state index contributed by atoms with van der Waals surface area (Å²) in [5, 5.41) is 14.9. The summed E-state index contributed by atoms with van der Waals surface area (Å²) in [4.78, 5) is 54.6. The zero-order valence-electron chi connectivity index (χ0n) is 28.3. The van der Waals surface area contributed by atoms with Gasteiger partial charge >= 0.3 is 5.97 Å². The Hall–Kier alpha value is -4.93. The van der Waals surface area contributed by atoms with Gasteiger partial charge in [-0.15, -0.1) is 0 Å². The fraction of sp³-hybridized carbons (Fsp3) is 0.432. The maximum Gasteiger partial charge on any atom is 0.329 e. The van der Waals surface area contributed by atoms with Crippen molar-refractivity contribution in [2.24, 2.45) is 5.41 Å². The average Bonchev–Trinajstić information content (AvgIpc) is 3.10. The number of aryl methyl sites for hydroxylation is 1. The first-order valence-electron chi connectivity index (χ1n) is 16.3. The van der Waals surface area contributed by atoms with Crippen LogP contribution in [-0.2, 0) is 36.8 Å². The highest BCUT2D eigenvalue weighted by Crippen LogP contribution is 2.32. The van der Waals surface area contributed by atoms with Crippen LogP contribution in [0.15, 0.2) is 66.9 Å². The fourth-order valence-electron chi connectivity index (χ4n) is 5.63. The number of ketones is 1. The summed E-state index contributed by atoms with van der Waals surface area (Å²) in [6.45, 7) is 5.62. The highest BCUT2D eigenvalue weighted by Gasteiger charge is 2.41. The number of carbonyl (C=O) groups excluding carboxylic acids is 4. The summed E-state index contributed by atoms with van der Waals surface area (Å²) >= 11 is 0. The van der Waals surface area contributed by atoms with E-state index in [0.717, 1.165) is 12.0 Å². The minimum atomic E-state index is -0.890. The third kappa shape index (κ3) is 8.90. The highest BCUT2D eigenvalue weighted by atomic mass is 16.5. The monoisotopic (exact) mass is 659 g/mol. The molecule has 0 spiro atoms. The number of amides is 2. The third-order valence-corrected chi connectivity index (χ3v) is 8.92. The molecule has 0 saturated carbocycles. The van der Waals surface area contributed by atoms with Crippen LogP contribution < -0.4 is 19.5 Å². The molecule has 48 heavy (non-hydrogen) atoms. The van der Waals surface area contributed by atoms with E-state index in [4.69, 9.17) is 14.2 Å². The molecule has 2 heterocycles. The Morgan fingerprint density at radius 3 is 2.48 bits per heavy atom. The van der Waals surface area contributed by atoms with Crippen molar-refractivity contribution < 1.29 is 38.1 Å². The van der Waals surface area contributed by atoms with E-state index in [-0.39, 0.29) is 12.3 Å². The number of rotatable bonds is 14. The lowest BCUT2D eigenvalue weighted by molar-refractivity contribution is -0.613. The molecule has 1 aliphatic heterocycles. The van der Waals surface area contributed by atoms with Crippen LogP contribution in [0.5, 0.6) is 11.5 Å². The summed E-state index contributed by atoms with van der Waals surface area (Å²) in [5.74, 6) is -0.974. The number of aromatic nitrogens is 1. The second-order valence-electron chi connectivity index (χ2n) is 12.6. The van der Waals surface area contributed by atoms with Crippen molar-refractivity contribution in [3.8, 4) is 11.5 Å². The molecule has 2 aromatic carbocycles. The van der Waals surface area contributed by atoms with Gasteiger partial charge in [0.2, 0.25) is 17.4 Å². The van der Waals surface area contributed by atoms with Gasteiger partial charge in [-0.05, 0) is 80.0 Å². The van der Waals surface area contributed by atoms with E-state index in [1.54, 1.807) is 64.5 Å². The first-order chi connectivity index (χ1) is 23.0. The molecule has 0 radical (unpaired) electrons. The quantitative estimate of drug-likeness (QED) is 0.109. The molecule has 1 N–H and O–H groups in total. The molecule has 1 aliphatic rings. The van der Waals surface area contributed by atoms with Gasteiger partial charge in [0.25, 0.3) is 5.91 Å². The highest BCUT2D eigenvalue weighted by molar-refractivity contribution is 6.38. The van der Waals surface area contributed by atoms with Crippen molar-refractivity contribution in [2.45, 2.75) is 77.9 Å². The second kappa shape index (κ2) is 16.3. The number of Topliss-reactive ketones (excluding diaryl/α,β-unsaturated/α-hetero) is 1. The smallest absolute Gasteiger partial charge is 0.329 e. The van der Waals surface area contributed by atoms with E-state index in [1.807, 2.05) is 31.2 Å². The number of ether oxygens (including phenoxy) is 3. The zero-order valence-corrected chi connectivity index (χ0v) is 28.3. The van der Waals surface area contributed by atoms with Crippen molar-refractivity contribution in [1.82, 2.24) is 4.90 Å². The summed E-state index contributed by atoms with van der Waals surface area (Å²) in [6, 6.07) is 16.6. The number of pyridine rings is 1. The molecule has 1 saturated heterocycles. The van der Waals surface area contributed by atoms with Crippen LogP contribution in [0.1, 0.15) is 75.8 Å². The molecule has 3 aromatic rings. The number of hydrogen-bond acceptors (Lipinski definition) is 8. The van der Waals surface area contributed by atoms with E-state index >= 15 is 0 Å². The minimum Gasteiger partial charge on any atom is -0.618 e. The Balaban J connectivity index is 1.58. The first-order valence-corrected chi connectivity index (χ1v) is 16.3. The molecule has 256 valence electrons. The van der Waals surface area contributed by atoms with Crippen molar-refractivity contribution in [3.63, 3.8) is 0 Å². The van der Waals surface area contributed by atoms with E-state index in [9.17, 15) is 24.4 Å². The van der Waals surface area contributed by atoms with Crippen LogP contribution in [0, 0.1) is 10.6 Å². The molecule has 0 unspecified atom stereocenters. The lowest BCUT2D eigenvalue weighted by Crippen LogP contribution is -2.53. The lowest BCUT2D eigenvalue weighted by atomic mass is 9.84. The lowest BCUT2D eigenvalue weighted by Gasteiger charge is -2.36. The van der Waals surface area contributed by atoms with Gasteiger partial charge in [-0.2, -0.15) is 4.73 Å². The number of hydrogen-bond donors (Lipinski definition) is 1. The predicted octanol–water partition coefficient (Wildman–Crippen LogP) is 5.12. The van der Waals surface area contributed by atoms with Crippen molar-refractivity contribution >= 4 is 29.3 Å².